The van der Waals surface area contributed by atoms with Crippen molar-refractivity contribution < 1.29 is 18.7 Å². The maximum absolute atomic E-state index is 13.8. The largest absolute Gasteiger partial charge is 0.482 e. The number of carbonyl (C=O) groups is 1. The van der Waals surface area contributed by atoms with Crippen molar-refractivity contribution in [3.8, 4) is 5.75 Å². The molecule has 1 amide bonds. The number of nitrogens with one attached hydrogen (secondary N) is 1. The first kappa shape index (κ1) is 16.7. The van der Waals surface area contributed by atoms with Gasteiger partial charge in [-0.1, -0.05) is 11.6 Å². The molecular weight excluding hydrogens is 337 g/mol. The van der Waals surface area contributed by atoms with Crippen molar-refractivity contribution in [3.05, 3.63) is 47.0 Å². The molecular formula is C16H17ClFN3O3. The monoisotopic (exact) mass is 353 g/mol. The number of carbonyl (C=O) groups excluding carboxylic acids is 1. The fourth-order valence-corrected chi connectivity index (χ4v) is 2.62. The van der Waals surface area contributed by atoms with Crippen molar-refractivity contribution in [1.82, 2.24) is 15.1 Å². The van der Waals surface area contributed by atoms with Crippen LogP contribution >= 0.6 is 11.6 Å². The molecule has 0 radical (unpaired) electrons. The molecule has 2 heterocycles. The number of aryl methyl sites for hydroxylation is 1. The number of amides is 1. The molecule has 0 bridgehead atoms. The predicted octanol–water partition coefficient (Wildman–Crippen LogP) is 2.27. The van der Waals surface area contributed by atoms with Gasteiger partial charge in [0.15, 0.2) is 5.75 Å². The summed E-state index contributed by atoms with van der Waals surface area (Å²) < 4.78 is 26.8. The lowest BCUT2D eigenvalue weighted by atomic mass is 10.1. The SMILES string of the molecule is CCn1cc(O[C@@H]2COC[C@@H]2NC(=O)c2ccc(Cl)cc2F)cn1. The van der Waals surface area contributed by atoms with Crippen LogP contribution in [0.4, 0.5) is 4.39 Å². The van der Waals surface area contributed by atoms with Gasteiger partial charge in [-0.2, -0.15) is 5.10 Å². The summed E-state index contributed by atoms with van der Waals surface area (Å²) in [5.74, 6) is -0.595. The minimum absolute atomic E-state index is 0.0659. The number of rotatable bonds is 5. The van der Waals surface area contributed by atoms with Gasteiger partial charge in [0.1, 0.15) is 11.9 Å². The molecule has 0 spiro atoms. The summed E-state index contributed by atoms with van der Waals surface area (Å²) in [4.78, 5) is 12.3. The second-order valence-corrected chi connectivity index (χ2v) is 5.87. The van der Waals surface area contributed by atoms with Gasteiger partial charge >= 0.3 is 0 Å². The van der Waals surface area contributed by atoms with Gasteiger partial charge in [0, 0.05) is 11.6 Å². The summed E-state index contributed by atoms with van der Waals surface area (Å²) in [6.07, 6.45) is 3.02. The number of nitrogens with zero attached hydrogens (tertiary/aromatic N) is 2. The Morgan fingerprint density at radius 2 is 2.38 bits per heavy atom. The summed E-state index contributed by atoms with van der Waals surface area (Å²) in [6, 6.07) is 3.55. The molecule has 2 atom stereocenters. The van der Waals surface area contributed by atoms with E-state index in [0.29, 0.717) is 19.0 Å². The predicted molar refractivity (Wildman–Crippen MR) is 85.8 cm³/mol. The average Bonchev–Trinajstić information content (AvgIpc) is 3.17. The first-order valence-corrected chi connectivity index (χ1v) is 7.97. The summed E-state index contributed by atoms with van der Waals surface area (Å²) in [5.41, 5.74) is -0.0659. The Morgan fingerprint density at radius 1 is 1.54 bits per heavy atom. The first-order chi connectivity index (χ1) is 11.6. The van der Waals surface area contributed by atoms with Gasteiger partial charge in [0.25, 0.3) is 5.91 Å². The van der Waals surface area contributed by atoms with E-state index in [1.165, 1.54) is 12.1 Å². The van der Waals surface area contributed by atoms with Crippen LogP contribution in [-0.2, 0) is 11.3 Å². The summed E-state index contributed by atoms with van der Waals surface area (Å²) in [5, 5.41) is 7.12. The average molecular weight is 354 g/mol. The highest BCUT2D eigenvalue weighted by molar-refractivity contribution is 6.30. The van der Waals surface area contributed by atoms with E-state index in [9.17, 15) is 9.18 Å². The lowest BCUT2D eigenvalue weighted by molar-refractivity contribution is 0.0900. The molecule has 1 aliphatic rings. The molecule has 1 aromatic carbocycles. The number of ether oxygens (including phenoxy) is 2. The third kappa shape index (κ3) is 3.68. The Labute approximate surface area is 143 Å². The van der Waals surface area contributed by atoms with Gasteiger partial charge in [-0.3, -0.25) is 9.48 Å². The molecule has 128 valence electrons. The number of hydrogen-bond acceptors (Lipinski definition) is 4. The highest BCUT2D eigenvalue weighted by atomic mass is 35.5. The van der Waals surface area contributed by atoms with Gasteiger partial charge < -0.3 is 14.8 Å². The van der Waals surface area contributed by atoms with Crippen LogP contribution in [0.15, 0.2) is 30.6 Å². The van der Waals surface area contributed by atoms with Crippen molar-refractivity contribution in [2.24, 2.45) is 0 Å². The molecule has 1 fully saturated rings. The van der Waals surface area contributed by atoms with Gasteiger partial charge in [0.2, 0.25) is 0 Å². The Hall–Kier alpha value is -2.12. The van der Waals surface area contributed by atoms with Crippen LogP contribution in [0.25, 0.3) is 0 Å². The van der Waals surface area contributed by atoms with E-state index in [2.05, 4.69) is 10.4 Å². The molecule has 1 aliphatic heterocycles. The van der Waals surface area contributed by atoms with Crippen molar-refractivity contribution in [1.29, 1.82) is 0 Å². The molecule has 1 N–H and O–H groups in total. The molecule has 1 aromatic heterocycles. The number of halogens is 2. The minimum atomic E-state index is -0.666. The number of hydrogen-bond donors (Lipinski definition) is 1. The van der Waals surface area contributed by atoms with E-state index < -0.39 is 11.7 Å². The quantitative estimate of drug-likeness (QED) is 0.895. The summed E-state index contributed by atoms with van der Waals surface area (Å²) >= 11 is 5.70. The molecule has 8 heteroatoms. The maximum Gasteiger partial charge on any atom is 0.254 e. The Kier molecular flexibility index (Phi) is 5.01. The molecule has 0 saturated carbocycles. The summed E-state index contributed by atoms with van der Waals surface area (Å²) in [7, 11) is 0. The third-order valence-corrected chi connectivity index (χ3v) is 3.98. The van der Waals surface area contributed by atoms with Crippen LogP contribution < -0.4 is 10.1 Å². The lowest BCUT2D eigenvalue weighted by Crippen LogP contribution is -2.45. The van der Waals surface area contributed by atoms with Gasteiger partial charge in [-0.25, -0.2) is 4.39 Å². The van der Waals surface area contributed by atoms with Crippen LogP contribution in [0.3, 0.4) is 0 Å². The zero-order chi connectivity index (χ0) is 17.1. The van der Waals surface area contributed by atoms with Crippen LogP contribution in [0.5, 0.6) is 5.75 Å². The Morgan fingerprint density at radius 3 is 3.08 bits per heavy atom. The first-order valence-electron chi connectivity index (χ1n) is 7.59. The van der Waals surface area contributed by atoms with E-state index in [0.717, 1.165) is 12.6 Å². The number of benzene rings is 1. The van der Waals surface area contributed by atoms with E-state index in [1.807, 2.05) is 6.92 Å². The highest BCUT2D eigenvalue weighted by Crippen LogP contribution is 2.18. The zero-order valence-electron chi connectivity index (χ0n) is 13.0. The second-order valence-electron chi connectivity index (χ2n) is 5.43. The van der Waals surface area contributed by atoms with Crippen molar-refractivity contribution in [3.63, 3.8) is 0 Å². The van der Waals surface area contributed by atoms with Crippen LogP contribution in [0.1, 0.15) is 17.3 Å². The summed E-state index contributed by atoms with van der Waals surface area (Å²) in [6.45, 7) is 3.35. The normalized spacial score (nSPS) is 20.1. The van der Waals surface area contributed by atoms with Gasteiger partial charge in [0.05, 0.1) is 37.2 Å². The zero-order valence-corrected chi connectivity index (χ0v) is 13.8. The highest BCUT2D eigenvalue weighted by Gasteiger charge is 2.32. The Balaban J connectivity index is 1.65. The van der Waals surface area contributed by atoms with E-state index in [4.69, 9.17) is 21.1 Å². The third-order valence-electron chi connectivity index (χ3n) is 3.74. The van der Waals surface area contributed by atoms with Crippen LogP contribution in [0, 0.1) is 5.82 Å². The van der Waals surface area contributed by atoms with Crippen LogP contribution in [0.2, 0.25) is 5.02 Å². The lowest BCUT2D eigenvalue weighted by Gasteiger charge is -2.19. The second kappa shape index (κ2) is 7.19. The Bertz CT molecular complexity index is 737. The molecule has 6 nitrogen and oxygen atoms in total. The van der Waals surface area contributed by atoms with Crippen molar-refractivity contribution >= 4 is 17.5 Å². The van der Waals surface area contributed by atoms with Crippen molar-refractivity contribution in [2.75, 3.05) is 13.2 Å². The van der Waals surface area contributed by atoms with Crippen LogP contribution in [-0.4, -0.2) is 41.0 Å². The van der Waals surface area contributed by atoms with Crippen molar-refractivity contribution in [2.45, 2.75) is 25.6 Å². The molecule has 1 saturated heterocycles. The van der Waals surface area contributed by atoms with Gasteiger partial charge in [-0.05, 0) is 25.1 Å². The van der Waals surface area contributed by atoms with E-state index in [-0.39, 0.29) is 22.7 Å². The standard InChI is InChI=1S/C16H17ClFN3O3/c1-2-21-7-11(6-19-21)24-15-9-23-8-14(15)20-16(22)12-4-3-10(17)5-13(12)18/h3-7,14-15H,2,8-9H2,1H3,(H,20,22)/t14-,15+/m0/s1. The molecule has 0 unspecified atom stereocenters. The fourth-order valence-electron chi connectivity index (χ4n) is 2.46. The van der Waals surface area contributed by atoms with E-state index >= 15 is 0 Å². The molecule has 3 rings (SSSR count). The minimum Gasteiger partial charge on any atom is -0.482 e. The molecule has 2 aromatic rings. The molecule has 24 heavy (non-hydrogen) atoms. The van der Waals surface area contributed by atoms with Gasteiger partial charge in [-0.15, -0.1) is 0 Å². The fraction of sp³-hybridized carbons (Fsp3) is 0.375. The number of aromatic nitrogens is 2. The topological polar surface area (TPSA) is 65.4 Å². The van der Waals surface area contributed by atoms with E-state index in [1.54, 1.807) is 17.1 Å². The smallest absolute Gasteiger partial charge is 0.254 e. The molecule has 0 aliphatic carbocycles. The maximum atomic E-state index is 13.8.